The molecular formula is C47H93NO5. The van der Waals surface area contributed by atoms with Crippen LogP contribution in [0, 0.1) is 0 Å². The highest BCUT2D eigenvalue weighted by Crippen LogP contribution is 2.18. The fraction of sp³-hybridized carbons (Fsp3) is 0.957. The van der Waals surface area contributed by atoms with Crippen LogP contribution in [0.3, 0.4) is 0 Å². The van der Waals surface area contributed by atoms with Crippen molar-refractivity contribution in [2.45, 2.75) is 283 Å². The van der Waals surface area contributed by atoms with Crippen molar-refractivity contribution in [3.8, 4) is 0 Å². The van der Waals surface area contributed by atoms with Gasteiger partial charge in [-0.1, -0.05) is 226 Å². The Balaban J connectivity index is 4.37. The normalized spacial score (nSPS) is 13.2. The molecule has 0 fully saturated rings. The molecule has 0 aliphatic heterocycles. The van der Waals surface area contributed by atoms with Gasteiger partial charge in [0.2, 0.25) is 5.91 Å². The fourth-order valence-corrected chi connectivity index (χ4v) is 7.55. The Morgan fingerprint density at radius 3 is 1.15 bits per heavy atom. The number of unbranched alkanes of at least 4 members (excludes halogenated alkanes) is 31. The summed E-state index contributed by atoms with van der Waals surface area (Å²) in [6.07, 6.45) is 43.1. The molecule has 0 aromatic carbocycles. The van der Waals surface area contributed by atoms with E-state index in [1.165, 1.54) is 180 Å². The number of aliphatic hydroxyl groups excluding tert-OH is 2. The molecule has 316 valence electrons. The lowest BCUT2D eigenvalue weighted by atomic mass is 10.0. The van der Waals surface area contributed by atoms with E-state index in [0.29, 0.717) is 19.3 Å². The number of hydrogen-bond acceptors (Lipinski definition) is 5. The van der Waals surface area contributed by atoms with Gasteiger partial charge in [0.1, 0.15) is 6.10 Å². The summed E-state index contributed by atoms with van der Waals surface area (Å²) in [6.45, 7) is 6.46. The van der Waals surface area contributed by atoms with E-state index in [9.17, 15) is 19.8 Å². The largest absolute Gasteiger partial charge is 0.462 e. The molecule has 6 heteroatoms. The molecule has 0 heterocycles. The minimum atomic E-state index is -0.777. The summed E-state index contributed by atoms with van der Waals surface area (Å²) in [5.41, 5.74) is 0. The number of hydrogen-bond donors (Lipinski definition) is 3. The van der Waals surface area contributed by atoms with Crippen LogP contribution in [0.25, 0.3) is 0 Å². The Bertz CT molecular complexity index is 761. The first kappa shape index (κ1) is 51.9. The maximum atomic E-state index is 13.1. The Kier molecular flexibility index (Phi) is 41.1. The zero-order chi connectivity index (χ0) is 38.9. The van der Waals surface area contributed by atoms with Gasteiger partial charge in [0.15, 0.2) is 0 Å². The minimum absolute atomic E-state index is 0.0856. The van der Waals surface area contributed by atoms with Gasteiger partial charge in [-0.3, -0.25) is 9.59 Å². The molecule has 3 unspecified atom stereocenters. The standard InChI is InChI=1S/C47H93NO5/c1-4-7-10-13-16-18-20-22-24-26-28-31-34-37-40-47(52)53-43(38-35-32-29-15-12-9-6-3)41-46(51)48-44(42-49)45(50)39-36-33-30-27-25-23-21-19-17-14-11-8-5-2/h43-45,49-50H,4-42H2,1-3H3,(H,48,51). The maximum absolute atomic E-state index is 13.1. The van der Waals surface area contributed by atoms with Crippen molar-refractivity contribution in [3.63, 3.8) is 0 Å². The van der Waals surface area contributed by atoms with Crippen LogP contribution in [0.5, 0.6) is 0 Å². The second-order valence-electron chi connectivity index (χ2n) is 16.5. The van der Waals surface area contributed by atoms with Crippen molar-refractivity contribution in [2.75, 3.05) is 6.61 Å². The van der Waals surface area contributed by atoms with Crippen molar-refractivity contribution in [1.82, 2.24) is 5.32 Å². The van der Waals surface area contributed by atoms with E-state index < -0.39 is 18.2 Å². The number of ether oxygens (including phenoxy) is 1. The van der Waals surface area contributed by atoms with E-state index in [4.69, 9.17) is 4.74 Å². The third kappa shape index (κ3) is 37.6. The first-order valence-electron chi connectivity index (χ1n) is 23.8. The van der Waals surface area contributed by atoms with Gasteiger partial charge in [-0.25, -0.2) is 0 Å². The molecule has 0 bridgehead atoms. The van der Waals surface area contributed by atoms with Crippen LogP contribution in [0.15, 0.2) is 0 Å². The lowest BCUT2D eigenvalue weighted by Gasteiger charge is -2.24. The second-order valence-corrected chi connectivity index (χ2v) is 16.5. The Morgan fingerprint density at radius 2 is 0.792 bits per heavy atom. The summed E-state index contributed by atoms with van der Waals surface area (Å²) < 4.78 is 5.88. The lowest BCUT2D eigenvalue weighted by molar-refractivity contribution is -0.151. The molecule has 0 spiro atoms. The third-order valence-corrected chi connectivity index (χ3v) is 11.2. The first-order valence-corrected chi connectivity index (χ1v) is 23.8. The van der Waals surface area contributed by atoms with E-state index in [2.05, 4.69) is 26.1 Å². The second kappa shape index (κ2) is 42.0. The van der Waals surface area contributed by atoms with Crippen molar-refractivity contribution >= 4 is 11.9 Å². The summed E-state index contributed by atoms with van der Waals surface area (Å²) in [6, 6.07) is -0.690. The Hall–Kier alpha value is -1.14. The number of nitrogens with one attached hydrogen (secondary N) is 1. The molecule has 3 N–H and O–H groups in total. The number of carbonyl (C=O) groups excluding carboxylic acids is 2. The van der Waals surface area contributed by atoms with E-state index in [-0.39, 0.29) is 24.9 Å². The Labute approximate surface area is 330 Å². The predicted octanol–water partition coefficient (Wildman–Crippen LogP) is 13.6. The van der Waals surface area contributed by atoms with Gasteiger partial charge >= 0.3 is 5.97 Å². The molecular weight excluding hydrogens is 659 g/mol. The third-order valence-electron chi connectivity index (χ3n) is 11.2. The zero-order valence-corrected chi connectivity index (χ0v) is 35.9. The molecule has 6 nitrogen and oxygen atoms in total. The van der Waals surface area contributed by atoms with Crippen LogP contribution in [-0.4, -0.2) is 46.9 Å². The SMILES string of the molecule is CCCCCCCCCCCCCCCCC(=O)OC(CCCCCCCCC)CC(=O)NC(CO)C(O)CCCCCCCCCCCCCCC. The molecule has 53 heavy (non-hydrogen) atoms. The van der Waals surface area contributed by atoms with Crippen LogP contribution in [-0.2, 0) is 14.3 Å². The van der Waals surface area contributed by atoms with Crippen LogP contribution < -0.4 is 5.32 Å². The van der Waals surface area contributed by atoms with Gasteiger partial charge in [-0.15, -0.1) is 0 Å². The number of esters is 1. The molecule has 0 aliphatic carbocycles. The molecule has 0 saturated carbocycles. The first-order chi connectivity index (χ1) is 26.0. The average molecular weight is 752 g/mol. The summed E-state index contributed by atoms with van der Waals surface area (Å²) in [5, 5.41) is 23.6. The molecule has 0 aromatic heterocycles. The van der Waals surface area contributed by atoms with E-state index in [1.54, 1.807) is 0 Å². The number of carbonyl (C=O) groups is 2. The molecule has 0 rings (SSSR count). The fourth-order valence-electron chi connectivity index (χ4n) is 7.55. The summed E-state index contributed by atoms with van der Waals surface area (Å²) in [7, 11) is 0. The monoisotopic (exact) mass is 752 g/mol. The van der Waals surface area contributed by atoms with Crippen LogP contribution in [0.1, 0.15) is 265 Å². The van der Waals surface area contributed by atoms with Crippen LogP contribution in [0.4, 0.5) is 0 Å². The predicted molar refractivity (Wildman–Crippen MR) is 227 cm³/mol. The molecule has 1 amide bonds. The van der Waals surface area contributed by atoms with Gasteiger partial charge < -0.3 is 20.3 Å². The van der Waals surface area contributed by atoms with E-state index >= 15 is 0 Å². The van der Waals surface area contributed by atoms with E-state index in [1.807, 2.05) is 0 Å². The number of rotatable bonds is 43. The summed E-state index contributed by atoms with van der Waals surface area (Å²) >= 11 is 0. The molecule has 0 aliphatic rings. The van der Waals surface area contributed by atoms with E-state index in [0.717, 1.165) is 38.5 Å². The van der Waals surface area contributed by atoms with Crippen molar-refractivity contribution < 1.29 is 24.5 Å². The number of amides is 1. The quantitative estimate of drug-likeness (QED) is 0.0426. The van der Waals surface area contributed by atoms with Crippen molar-refractivity contribution in [1.29, 1.82) is 0 Å². The van der Waals surface area contributed by atoms with Gasteiger partial charge in [-0.2, -0.15) is 0 Å². The zero-order valence-electron chi connectivity index (χ0n) is 35.9. The van der Waals surface area contributed by atoms with Gasteiger partial charge in [0.05, 0.1) is 25.2 Å². The average Bonchev–Trinajstić information content (AvgIpc) is 3.15. The summed E-state index contributed by atoms with van der Waals surface area (Å²) in [5.74, 6) is -0.462. The number of aliphatic hydroxyl groups is 2. The highest BCUT2D eigenvalue weighted by molar-refractivity contribution is 5.77. The molecule has 0 radical (unpaired) electrons. The van der Waals surface area contributed by atoms with Crippen molar-refractivity contribution in [3.05, 3.63) is 0 Å². The van der Waals surface area contributed by atoms with Crippen LogP contribution >= 0.6 is 0 Å². The van der Waals surface area contributed by atoms with Crippen molar-refractivity contribution in [2.24, 2.45) is 0 Å². The molecule has 3 atom stereocenters. The van der Waals surface area contributed by atoms with Crippen LogP contribution in [0.2, 0.25) is 0 Å². The van der Waals surface area contributed by atoms with Gasteiger partial charge in [-0.05, 0) is 25.7 Å². The van der Waals surface area contributed by atoms with Gasteiger partial charge in [0, 0.05) is 6.42 Å². The Morgan fingerprint density at radius 1 is 0.472 bits per heavy atom. The smallest absolute Gasteiger partial charge is 0.306 e. The molecule has 0 aromatic rings. The van der Waals surface area contributed by atoms with Gasteiger partial charge in [0.25, 0.3) is 0 Å². The minimum Gasteiger partial charge on any atom is -0.462 e. The topological polar surface area (TPSA) is 95.9 Å². The summed E-state index contributed by atoms with van der Waals surface area (Å²) in [4.78, 5) is 25.9. The molecule has 0 saturated heterocycles. The maximum Gasteiger partial charge on any atom is 0.306 e. The highest BCUT2D eigenvalue weighted by atomic mass is 16.5. The lowest BCUT2D eigenvalue weighted by Crippen LogP contribution is -2.46. The highest BCUT2D eigenvalue weighted by Gasteiger charge is 2.24.